The SMILES string of the molecule is CCC(=O)N(c1ccccc1)c1onc(-c2ccc(F)cc2)c1-c1ncccc1N(C)C. The lowest BCUT2D eigenvalue weighted by atomic mass is 10.0. The number of para-hydroxylation sites is 1. The van der Waals surface area contributed by atoms with E-state index < -0.39 is 0 Å². The van der Waals surface area contributed by atoms with Crippen molar-refractivity contribution in [2.75, 3.05) is 23.9 Å². The minimum Gasteiger partial charge on any atom is -0.376 e. The third-order valence-corrected chi connectivity index (χ3v) is 5.07. The van der Waals surface area contributed by atoms with Gasteiger partial charge in [-0.3, -0.25) is 9.78 Å². The van der Waals surface area contributed by atoms with Crippen LogP contribution in [0.2, 0.25) is 0 Å². The van der Waals surface area contributed by atoms with Crippen molar-refractivity contribution in [1.29, 1.82) is 0 Å². The van der Waals surface area contributed by atoms with Crippen LogP contribution in [0, 0.1) is 5.82 Å². The molecule has 0 fully saturated rings. The number of halogens is 1. The highest BCUT2D eigenvalue weighted by atomic mass is 19.1. The first-order valence-corrected chi connectivity index (χ1v) is 10.3. The summed E-state index contributed by atoms with van der Waals surface area (Å²) in [4.78, 5) is 21.1. The van der Waals surface area contributed by atoms with Gasteiger partial charge in [-0.05, 0) is 48.5 Å². The number of aromatic nitrogens is 2. The molecule has 4 aromatic rings. The van der Waals surface area contributed by atoms with Gasteiger partial charge in [-0.25, -0.2) is 9.29 Å². The quantitative estimate of drug-likeness (QED) is 0.394. The fourth-order valence-corrected chi connectivity index (χ4v) is 3.51. The Bertz CT molecular complexity index is 1220. The zero-order valence-corrected chi connectivity index (χ0v) is 18.1. The minimum absolute atomic E-state index is 0.151. The Morgan fingerprint density at radius 3 is 2.34 bits per heavy atom. The van der Waals surface area contributed by atoms with Gasteiger partial charge in [-0.1, -0.05) is 30.3 Å². The second-order valence-electron chi connectivity index (χ2n) is 7.40. The molecule has 0 spiro atoms. The highest BCUT2D eigenvalue weighted by Crippen LogP contribution is 2.44. The molecule has 2 heterocycles. The van der Waals surface area contributed by atoms with Crippen molar-refractivity contribution < 1.29 is 13.7 Å². The number of nitrogens with zero attached hydrogens (tertiary/aromatic N) is 4. The number of hydrogen-bond donors (Lipinski definition) is 0. The second kappa shape index (κ2) is 9.01. The van der Waals surface area contributed by atoms with Gasteiger partial charge in [0.2, 0.25) is 11.8 Å². The van der Waals surface area contributed by atoms with E-state index in [0.29, 0.717) is 28.2 Å². The number of carbonyl (C=O) groups is 1. The van der Waals surface area contributed by atoms with Crippen LogP contribution in [0.5, 0.6) is 0 Å². The zero-order valence-electron chi connectivity index (χ0n) is 18.1. The van der Waals surface area contributed by atoms with Gasteiger partial charge >= 0.3 is 0 Å². The van der Waals surface area contributed by atoms with Gasteiger partial charge in [-0.2, -0.15) is 0 Å². The molecule has 0 saturated heterocycles. The summed E-state index contributed by atoms with van der Waals surface area (Å²) >= 11 is 0. The first-order valence-electron chi connectivity index (χ1n) is 10.3. The Balaban J connectivity index is 2.02. The number of benzene rings is 2. The topological polar surface area (TPSA) is 62.5 Å². The summed E-state index contributed by atoms with van der Waals surface area (Å²) in [6.45, 7) is 1.79. The van der Waals surface area contributed by atoms with Crippen LogP contribution in [0.3, 0.4) is 0 Å². The van der Waals surface area contributed by atoms with Gasteiger partial charge in [0.15, 0.2) is 0 Å². The van der Waals surface area contributed by atoms with E-state index in [1.54, 1.807) is 25.3 Å². The molecule has 0 N–H and O–H groups in total. The highest BCUT2D eigenvalue weighted by molar-refractivity contribution is 6.05. The van der Waals surface area contributed by atoms with Gasteiger partial charge in [0.25, 0.3) is 0 Å². The molecule has 32 heavy (non-hydrogen) atoms. The molecule has 2 aromatic heterocycles. The van der Waals surface area contributed by atoms with Crippen LogP contribution in [-0.2, 0) is 4.79 Å². The average Bonchev–Trinajstić information content (AvgIpc) is 3.24. The van der Waals surface area contributed by atoms with Gasteiger partial charge in [-0.15, -0.1) is 0 Å². The summed E-state index contributed by atoms with van der Waals surface area (Å²) < 4.78 is 19.4. The molecule has 1 amide bonds. The Morgan fingerprint density at radius 1 is 0.969 bits per heavy atom. The maximum absolute atomic E-state index is 13.6. The molecule has 0 aliphatic rings. The third kappa shape index (κ3) is 3.97. The first kappa shape index (κ1) is 21.2. The lowest BCUT2D eigenvalue weighted by Crippen LogP contribution is -2.25. The van der Waals surface area contributed by atoms with E-state index in [4.69, 9.17) is 4.52 Å². The van der Waals surface area contributed by atoms with Crippen molar-refractivity contribution in [3.8, 4) is 22.5 Å². The van der Waals surface area contributed by atoms with Crippen LogP contribution >= 0.6 is 0 Å². The van der Waals surface area contributed by atoms with E-state index in [-0.39, 0.29) is 24.0 Å². The van der Waals surface area contributed by atoms with Gasteiger partial charge in [0.1, 0.15) is 17.2 Å². The van der Waals surface area contributed by atoms with Crippen molar-refractivity contribution >= 4 is 23.2 Å². The van der Waals surface area contributed by atoms with Crippen LogP contribution in [0.1, 0.15) is 13.3 Å². The molecule has 0 unspecified atom stereocenters. The normalized spacial score (nSPS) is 10.8. The summed E-state index contributed by atoms with van der Waals surface area (Å²) in [6.07, 6.45) is 1.95. The standard InChI is InChI=1S/C25H23FN4O2/c1-4-21(31)30(19-9-6-5-7-10-19)25-22(24-20(29(2)3)11-8-16-27-24)23(28-32-25)17-12-14-18(26)15-13-17/h5-16H,4H2,1-3H3. The van der Waals surface area contributed by atoms with E-state index in [2.05, 4.69) is 10.1 Å². The molecule has 0 saturated carbocycles. The molecule has 0 aliphatic heterocycles. The number of hydrogen-bond acceptors (Lipinski definition) is 5. The Kier molecular flexibility index (Phi) is 5.98. The van der Waals surface area contributed by atoms with Crippen molar-refractivity contribution in [3.05, 3.63) is 78.7 Å². The molecule has 4 rings (SSSR count). The average molecular weight is 430 g/mol. The van der Waals surface area contributed by atoms with Gasteiger partial charge in [0, 0.05) is 32.3 Å². The fourth-order valence-electron chi connectivity index (χ4n) is 3.51. The second-order valence-corrected chi connectivity index (χ2v) is 7.40. The molecule has 0 atom stereocenters. The largest absolute Gasteiger partial charge is 0.376 e. The maximum atomic E-state index is 13.6. The molecule has 0 aliphatic carbocycles. The Morgan fingerprint density at radius 2 is 1.69 bits per heavy atom. The number of amides is 1. The van der Waals surface area contributed by atoms with Crippen molar-refractivity contribution in [3.63, 3.8) is 0 Å². The van der Waals surface area contributed by atoms with E-state index in [1.165, 1.54) is 17.0 Å². The Labute approximate surface area is 185 Å². The Hall–Kier alpha value is -4.00. The predicted octanol–water partition coefficient (Wildman–Crippen LogP) is 5.68. The number of carbonyl (C=O) groups excluding carboxylic acids is 1. The van der Waals surface area contributed by atoms with Crippen LogP contribution < -0.4 is 9.80 Å². The number of anilines is 3. The number of pyridine rings is 1. The molecule has 162 valence electrons. The predicted molar refractivity (Wildman–Crippen MR) is 123 cm³/mol. The first-order chi connectivity index (χ1) is 15.5. The van der Waals surface area contributed by atoms with Crippen molar-refractivity contribution in [1.82, 2.24) is 10.1 Å². The minimum atomic E-state index is -0.349. The van der Waals surface area contributed by atoms with E-state index in [0.717, 1.165) is 5.69 Å². The van der Waals surface area contributed by atoms with Crippen LogP contribution in [-0.4, -0.2) is 30.1 Å². The number of rotatable bonds is 6. The molecule has 7 heteroatoms. The summed E-state index contributed by atoms with van der Waals surface area (Å²) in [5.41, 5.74) is 3.79. The zero-order chi connectivity index (χ0) is 22.7. The van der Waals surface area contributed by atoms with Crippen LogP contribution in [0.4, 0.5) is 21.6 Å². The summed E-state index contributed by atoms with van der Waals surface area (Å²) in [5, 5.41) is 4.31. The molecule has 2 aromatic carbocycles. The summed E-state index contributed by atoms with van der Waals surface area (Å²) in [7, 11) is 3.83. The van der Waals surface area contributed by atoms with Gasteiger partial charge < -0.3 is 9.42 Å². The monoisotopic (exact) mass is 430 g/mol. The lowest BCUT2D eigenvalue weighted by Gasteiger charge is -2.22. The maximum Gasteiger partial charge on any atom is 0.248 e. The van der Waals surface area contributed by atoms with Crippen LogP contribution in [0.25, 0.3) is 22.5 Å². The summed E-state index contributed by atoms with van der Waals surface area (Å²) in [6, 6.07) is 19.0. The molecule has 0 bridgehead atoms. The van der Waals surface area contributed by atoms with Crippen molar-refractivity contribution in [2.24, 2.45) is 0 Å². The summed E-state index contributed by atoms with van der Waals surface area (Å²) in [5.74, 6) is -0.233. The third-order valence-electron chi connectivity index (χ3n) is 5.07. The van der Waals surface area contributed by atoms with E-state index >= 15 is 0 Å². The lowest BCUT2D eigenvalue weighted by molar-refractivity contribution is -0.117. The molecule has 0 radical (unpaired) electrons. The fraction of sp³-hybridized carbons (Fsp3) is 0.160. The van der Waals surface area contributed by atoms with Crippen molar-refractivity contribution in [2.45, 2.75) is 13.3 Å². The van der Waals surface area contributed by atoms with Crippen LogP contribution in [0.15, 0.2) is 77.4 Å². The molecular formula is C25H23FN4O2. The van der Waals surface area contributed by atoms with E-state index in [9.17, 15) is 9.18 Å². The van der Waals surface area contributed by atoms with Gasteiger partial charge in [0.05, 0.1) is 16.9 Å². The molecule has 6 nitrogen and oxygen atoms in total. The smallest absolute Gasteiger partial charge is 0.248 e. The molecular weight excluding hydrogens is 407 g/mol. The highest BCUT2D eigenvalue weighted by Gasteiger charge is 2.30. The van der Waals surface area contributed by atoms with E-state index in [1.807, 2.05) is 61.5 Å².